The molecule has 0 aromatic rings. The van der Waals surface area contributed by atoms with Crippen molar-refractivity contribution < 1.29 is 73.1 Å². The number of hydrogen-bond donors (Lipinski definition) is 1. The van der Waals surface area contributed by atoms with E-state index in [4.69, 9.17) is 5.11 Å². The number of carboxylic acids is 3. The van der Waals surface area contributed by atoms with Crippen LogP contribution in [0.25, 0.3) is 0 Å². The van der Waals surface area contributed by atoms with E-state index >= 15 is 0 Å². The standard InChI is InChI=1S/C6H8O7.Ca.7H2O/c7-3(8)1-6(13,5(11)12)2-4(9)10;;;;;;;;/h13H,1-2H2,(H,7,8)(H,9,10)(H,11,12);;7*1H2/q;+2;;;;;;;/p-3. The number of carbonyl (C=O) groups excluding carboxylic acids is 3. The second-order valence-corrected chi connectivity index (χ2v) is 2.42. The first kappa shape index (κ1) is 59.1. The summed E-state index contributed by atoms with van der Waals surface area (Å²) < 4.78 is 0. The Morgan fingerprint density at radius 1 is 0.714 bits per heavy atom. The van der Waals surface area contributed by atoms with E-state index in [9.17, 15) is 29.7 Å². The van der Waals surface area contributed by atoms with Gasteiger partial charge < -0.3 is 73.1 Å². The zero-order valence-electron chi connectivity index (χ0n) is 10.5. The Morgan fingerprint density at radius 2 is 0.905 bits per heavy atom. The molecule has 0 saturated heterocycles. The molecule has 0 aliphatic carbocycles. The number of hydrogen-bond acceptors (Lipinski definition) is 7. The maximum Gasteiger partial charge on any atom is 2.00 e. The van der Waals surface area contributed by atoms with Crippen LogP contribution in [-0.4, -0.2) is 105 Å². The van der Waals surface area contributed by atoms with Gasteiger partial charge in [0.2, 0.25) is 0 Å². The maximum absolute atomic E-state index is 10.1. The van der Waals surface area contributed by atoms with Crippen LogP contribution in [-0.2, 0) is 14.4 Å². The minimum Gasteiger partial charge on any atom is -0.550 e. The van der Waals surface area contributed by atoms with Gasteiger partial charge in [0.05, 0.1) is 5.97 Å². The van der Waals surface area contributed by atoms with Crippen molar-refractivity contribution in [2.24, 2.45) is 0 Å². The number of aliphatic carboxylic acids is 3. The average Bonchev–Trinajstić information content (AvgIpc) is 1.82. The number of rotatable bonds is 5. The van der Waals surface area contributed by atoms with E-state index in [0.717, 1.165) is 0 Å². The first-order valence-corrected chi connectivity index (χ1v) is 3.11. The molecule has 130 valence electrons. The molecular weight excluding hydrogens is 336 g/mol. The number of aliphatic hydroxyl groups is 1. The Balaban J connectivity index is -0.0000000257. The summed E-state index contributed by atoms with van der Waals surface area (Å²) in [6.45, 7) is 0. The van der Waals surface area contributed by atoms with Crippen molar-refractivity contribution in [3.8, 4) is 0 Å². The van der Waals surface area contributed by atoms with Gasteiger partial charge in [0.25, 0.3) is 0 Å². The van der Waals surface area contributed by atoms with Gasteiger partial charge in [-0.15, -0.1) is 0 Å². The van der Waals surface area contributed by atoms with Crippen molar-refractivity contribution in [3.05, 3.63) is 0 Å². The summed E-state index contributed by atoms with van der Waals surface area (Å²) in [5.41, 5.74) is -2.97. The van der Waals surface area contributed by atoms with Gasteiger partial charge in [-0.2, -0.15) is 0 Å². The van der Waals surface area contributed by atoms with Crippen LogP contribution in [0, 0.1) is 0 Å². The SMILES string of the molecule is O.O.O.O.O.O.O.O=C([O-])CC(O)(CC(=O)[O-])C(=O)[O-].[Ca+2]. The number of carboxylic acid groups (broad SMARTS) is 3. The van der Waals surface area contributed by atoms with Gasteiger partial charge in [0, 0.05) is 24.8 Å². The van der Waals surface area contributed by atoms with Crippen LogP contribution in [0.5, 0.6) is 0 Å². The van der Waals surface area contributed by atoms with E-state index in [0.29, 0.717) is 0 Å². The van der Waals surface area contributed by atoms with Crippen LogP contribution in [0.1, 0.15) is 12.8 Å². The Bertz CT molecular complexity index is 238. The molecule has 0 aliphatic rings. The molecule has 0 radical (unpaired) electrons. The Morgan fingerprint density at radius 3 is 1.00 bits per heavy atom. The molecule has 0 bridgehead atoms. The Labute approximate surface area is 147 Å². The van der Waals surface area contributed by atoms with Gasteiger partial charge in [-0.25, -0.2) is 0 Å². The van der Waals surface area contributed by atoms with Crippen molar-refractivity contribution >= 4 is 55.6 Å². The van der Waals surface area contributed by atoms with E-state index in [-0.39, 0.29) is 76.1 Å². The quantitative estimate of drug-likeness (QED) is 0.463. The zero-order valence-corrected chi connectivity index (χ0v) is 12.7. The van der Waals surface area contributed by atoms with E-state index in [2.05, 4.69) is 0 Å². The van der Waals surface area contributed by atoms with Crippen LogP contribution < -0.4 is 15.3 Å². The second-order valence-electron chi connectivity index (χ2n) is 2.42. The molecule has 0 rings (SSSR count). The molecule has 15 heteroatoms. The summed E-state index contributed by atoms with van der Waals surface area (Å²) in [5, 5.41) is 38.9. The third-order valence-electron chi connectivity index (χ3n) is 1.25. The molecule has 14 nitrogen and oxygen atoms in total. The second kappa shape index (κ2) is 24.4. The van der Waals surface area contributed by atoms with E-state index in [1.807, 2.05) is 0 Å². The molecule has 0 aromatic heterocycles. The van der Waals surface area contributed by atoms with Gasteiger partial charge in [-0.1, -0.05) is 0 Å². The van der Waals surface area contributed by atoms with E-state index in [1.54, 1.807) is 0 Å². The average molecular weight is 355 g/mol. The summed E-state index contributed by atoms with van der Waals surface area (Å²) in [6, 6.07) is 0. The van der Waals surface area contributed by atoms with Gasteiger partial charge in [-0.3, -0.25) is 0 Å². The van der Waals surface area contributed by atoms with Crippen LogP contribution in [0.4, 0.5) is 0 Å². The Hall–Kier alpha value is -0.650. The molecular formula is C6H19CaO14-. The molecule has 0 aliphatic heterocycles. The topological polar surface area (TPSA) is 361 Å². The minimum atomic E-state index is -2.97. The monoisotopic (exact) mass is 355 g/mol. The third kappa shape index (κ3) is 24.7. The summed E-state index contributed by atoms with van der Waals surface area (Å²) in [5.74, 6) is -5.98. The summed E-state index contributed by atoms with van der Waals surface area (Å²) in [6.07, 6.45) is -2.72. The molecule has 0 saturated carbocycles. The third-order valence-corrected chi connectivity index (χ3v) is 1.25. The first-order valence-electron chi connectivity index (χ1n) is 3.11. The van der Waals surface area contributed by atoms with E-state index < -0.39 is 36.4 Å². The van der Waals surface area contributed by atoms with E-state index in [1.165, 1.54) is 0 Å². The molecule has 21 heavy (non-hydrogen) atoms. The van der Waals surface area contributed by atoms with Crippen molar-refractivity contribution in [1.29, 1.82) is 0 Å². The predicted molar refractivity (Wildman–Crippen MR) is 60.3 cm³/mol. The summed E-state index contributed by atoms with van der Waals surface area (Å²) >= 11 is 0. The summed E-state index contributed by atoms with van der Waals surface area (Å²) in [7, 11) is 0. The normalized spacial score (nSPS) is 6.71. The molecule has 0 atom stereocenters. The molecule has 0 fully saturated rings. The van der Waals surface area contributed by atoms with Gasteiger partial charge in [-0.05, 0) is 0 Å². The smallest absolute Gasteiger partial charge is 0.550 e. The fourth-order valence-electron chi connectivity index (χ4n) is 0.684. The Kier molecular flexibility index (Phi) is 68.6. The largest absolute Gasteiger partial charge is 2.00 e. The molecule has 0 heterocycles. The zero-order chi connectivity index (χ0) is 10.6. The molecule has 0 aromatic carbocycles. The molecule has 0 amide bonds. The van der Waals surface area contributed by atoms with Gasteiger partial charge >= 0.3 is 37.7 Å². The van der Waals surface area contributed by atoms with Crippen molar-refractivity contribution in [1.82, 2.24) is 0 Å². The predicted octanol–water partition coefficient (Wildman–Crippen LogP) is -11.4. The molecule has 15 N–H and O–H groups in total. The minimum absolute atomic E-state index is 0. The van der Waals surface area contributed by atoms with Gasteiger partial charge in [0.1, 0.15) is 5.60 Å². The summed E-state index contributed by atoms with van der Waals surface area (Å²) in [4.78, 5) is 30.0. The number of carbonyl (C=O) groups is 3. The first-order chi connectivity index (χ1) is 5.78. The maximum atomic E-state index is 10.1. The van der Waals surface area contributed by atoms with Crippen molar-refractivity contribution in [3.63, 3.8) is 0 Å². The van der Waals surface area contributed by atoms with Crippen molar-refractivity contribution in [2.75, 3.05) is 0 Å². The fourth-order valence-corrected chi connectivity index (χ4v) is 0.684. The van der Waals surface area contributed by atoms with Crippen LogP contribution in [0.15, 0.2) is 0 Å². The fraction of sp³-hybridized carbons (Fsp3) is 0.500. The molecule has 0 spiro atoms. The van der Waals surface area contributed by atoms with Crippen LogP contribution in [0.2, 0.25) is 0 Å². The van der Waals surface area contributed by atoms with Crippen LogP contribution >= 0.6 is 0 Å². The molecule has 0 unspecified atom stereocenters. The van der Waals surface area contributed by atoms with Crippen LogP contribution in [0.3, 0.4) is 0 Å². The van der Waals surface area contributed by atoms with Gasteiger partial charge in [0.15, 0.2) is 0 Å². The van der Waals surface area contributed by atoms with Crippen molar-refractivity contribution in [2.45, 2.75) is 18.4 Å².